The average Bonchev–Trinajstić information content (AvgIpc) is 2.59. The van der Waals surface area contributed by atoms with Gasteiger partial charge >= 0.3 is 0 Å². The summed E-state index contributed by atoms with van der Waals surface area (Å²) in [7, 11) is 0. The lowest BCUT2D eigenvalue weighted by Gasteiger charge is -2.31. The Bertz CT molecular complexity index is 825. The molecule has 0 radical (unpaired) electrons. The Morgan fingerprint density at radius 3 is 2.29 bits per heavy atom. The predicted molar refractivity (Wildman–Crippen MR) is 114 cm³/mol. The summed E-state index contributed by atoms with van der Waals surface area (Å²) in [5.74, 6) is -0.259. The first-order valence-corrected chi connectivity index (χ1v) is 9.84. The molecule has 2 rings (SSSR count). The topological polar surface area (TPSA) is 49.4 Å². The van der Waals surface area contributed by atoms with E-state index in [0.717, 1.165) is 16.7 Å². The first-order chi connectivity index (χ1) is 13.0. The van der Waals surface area contributed by atoms with Crippen LogP contribution in [0.1, 0.15) is 44.4 Å². The summed E-state index contributed by atoms with van der Waals surface area (Å²) in [5, 5.41) is 3.60. The van der Waals surface area contributed by atoms with E-state index in [9.17, 15) is 9.59 Å². The fourth-order valence-corrected chi connectivity index (χ4v) is 3.07. The summed E-state index contributed by atoms with van der Waals surface area (Å²) >= 11 is 5.94. The van der Waals surface area contributed by atoms with Crippen molar-refractivity contribution in [1.82, 2.24) is 10.2 Å². The highest BCUT2D eigenvalue weighted by molar-refractivity contribution is 6.30. The average molecular weight is 401 g/mol. The number of hydrogen-bond donors (Lipinski definition) is 1. The molecule has 2 amide bonds. The molecule has 2 aromatic carbocycles. The minimum atomic E-state index is -0.584. The van der Waals surface area contributed by atoms with E-state index in [4.69, 9.17) is 11.6 Å². The van der Waals surface area contributed by atoms with E-state index in [1.165, 1.54) is 0 Å². The lowest BCUT2D eigenvalue weighted by atomic mass is 10.1. The molecule has 0 saturated heterocycles. The van der Waals surface area contributed by atoms with Crippen LogP contribution in [0, 0.1) is 6.92 Å². The highest BCUT2D eigenvalue weighted by Gasteiger charge is 2.28. The van der Waals surface area contributed by atoms with Crippen LogP contribution in [-0.2, 0) is 22.6 Å². The van der Waals surface area contributed by atoms with Gasteiger partial charge in [0.15, 0.2) is 0 Å². The number of carbonyl (C=O) groups is 2. The van der Waals surface area contributed by atoms with Crippen LogP contribution in [0.15, 0.2) is 48.5 Å². The van der Waals surface area contributed by atoms with E-state index in [1.54, 1.807) is 24.0 Å². The van der Waals surface area contributed by atoms with Crippen LogP contribution in [0.2, 0.25) is 5.02 Å². The number of amides is 2. The summed E-state index contributed by atoms with van der Waals surface area (Å²) in [4.78, 5) is 27.5. The summed E-state index contributed by atoms with van der Waals surface area (Å²) in [5.41, 5.74) is 2.63. The zero-order valence-electron chi connectivity index (χ0n) is 17.3. The van der Waals surface area contributed by atoms with E-state index >= 15 is 0 Å². The standard InChI is InChI=1S/C23H29ClN2O2/c1-16-7-6-8-19(13-16)15-26(17(2)22(28)25-23(3,4)5)21(27)14-18-9-11-20(24)12-10-18/h6-13,17H,14-15H2,1-5H3,(H,25,28)/t17-/m0/s1. The van der Waals surface area contributed by atoms with Crippen LogP contribution >= 0.6 is 11.6 Å². The second-order valence-electron chi connectivity index (χ2n) is 8.23. The van der Waals surface area contributed by atoms with Gasteiger partial charge in [0, 0.05) is 17.1 Å². The van der Waals surface area contributed by atoms with Gasteiger partial charge in [-0.1, -0.05) is 53.6 Å². The van der Waals surface area contributed by atoms with Gasteiger partial charge in [-0.25, -0.2) is 0 Å². The molecule has 0 saturated carbocycles. The van der Waals surface area contributed by atoms with Gasteiger partial charge in [0.25, 0.3) is 0 Å². The smallest absolute Gasteiger partial charge is 0.242 e. The van der Waals surface area contributed by atoms with Gasteiger partial charge in [0.05, 0.1) is 6.42 Å². The van der Waals surface area contributed by atoms with E-state index in [2.05, 4.69) is 5.32 Å². The van der Waals surface area contributed by atoms with Gasteiger partial charge < -0.3 is 10.2 Å². The molecular formula is C23H29ClN2O2. The van der Waals surface area contributed by atoms with Crippen molar-refractivity contribution >= 4 is 23.4 Å². The summed E-state index contributed by atoms with van der Waals surface area (Å²) in [6.07, 6.45) is 0.218. The third kappa shape index (κ3) is 6.68. The minimum Gasteiger partial charge on any atom is -0.350 e. The Balaban J connectivity index is 2.24. The Morgan fingerprint density at radius 1 is 1.07 bits per heavy atom. The summed E-state index contributed by atoms with van der Waals surface area (Å²) in [6, 6.07) is 14.6. The quantitative estimate of drug-likeness (QED) is 0.774. The zero-order valence-corrected chi connectivity index (χ0v) is 18.0. The monoisotopic (exact) mass is 400 g/mol. The molecular weight excluding hydrogens is 372 g/mol. The Hall–Kier alpha value is -2.33. The van der Waals surface area contributed by atoms with Gasteiger partial charge in [-0.15, -0.1) is 0 Å². The Kier molecular flexibility index (Phi) is 7.25. The lowest BCUT2D eigenvalue weighted by molar-refractivity contribution is -0.140. The largest absolute Gasteiger partial charge is 0.350 e. The first-order valence-electron chi connectivity index (χ1n) is 9.46. The van der Waals surface area contributed by atoms with Gasteiger partial charge in [-0.05, 0) is 57.9 Å². The molecule has 5 heteroatoms. The maximum absolute atomic E-state index is 13.1. The second-order valence-corrected chi connectivity index (χ2v) is 8.67. The van der Waals surface area contributed by atoms with Crippen molar-refractivity contribution in [3.63, 3.8) is 0 Å². The second kappa shape index (κ2) is 9.24. The SMILES string of the molecule is Cc1cccc(CN(C(=O)Cc2ccc(Cl)cc2)[C@@H](C)C(=O)NC(C)(C)C)c1. The number of nitrogens with zero attached hydrogens (tertiary/aromatic N) is 1. The fraction of sp³-hybridized carbons (Fsp3) is 0.391. The molecule has 0 unspecified atom stereocenters. The predicted octanol–water partition coefficient (Wildman–Crippen LogP) is 4.52. The molecule has 0 aliphatic rings. The Morgan fingerprint density at radius 2 is 1.71 bits per heavy atom. The molecule has 0 aliphatic carbocycles. The minimum absolute atomic E-state index is 0.0969. The van der Waals surface area contributed by atoms with Crippen LogP contribution in [0.3, 0.4) is 0 Å². The van der Waals surface area contributed by atoms with E-state index in [1.807, 2.05) is 64.1 Å². The van der Waals surface area contributed by atoms with Crippen molar-refractivity contribution in [3.8, 4) is 0 Å². The van der Waals surface area contributed by atoms with Crippen molar-refractivity contribution < 1.29 is 9.59 Å². The molecule has 150 valence electrons. The highest BCUT2D eigenvalue weighted by atomic mass is 35.5. The maximum atomic E-state index is 13.1. The number of aryl methyl sites for hydroxylation is 1. The molecule has 0 bridgehead atoms. The third-order valence-electron chi connectivity index (χ3n) is 4.37. The molecule has 2 aromatic rings. The number of rotatable bonds is 6. The Labute approximate surface area is 172 Å². The van der Waals surface area contributed by atoms with E-state index < -0.39 is 6.04 Å². The molecule has 0 aliphatic heterocycles. The number of carbonyl (C=O) groups excluding carboxylic acids is 2. The van der Waals surface area contributed by atoms with Gasteiger partial charge in [-0.3, -0.25) is 9.59 Å². The molecule has 1 atom stereocenters. The van der Waals surface area contributed by atoms with Crippen LogP contribution in [-0.4, -0.2) is 28.3 Å². The normalized spacial score (nSPS) is 12.4. The third-order valence-corrected chi connectivity index (χ3v) is 4.62. The molecule has 0 heterocycles. The molecule has 28 heavy (non-hydrogen) atoms. The molecule has 0 fully saturated rings. The number of halogens is 1. The van der Waals surface area contributed by atoms with E-state index in [0.29, 0.717) is 11.6 Å². The van der Waals surface area contributed by atoms with Gasteiger partial charge in [0.2, 0.25) is 11.8 Å². The number of benzene rings is 2. The number of nitrogens with one attached hydrogen (secondary N) is 1. The summed E-state index contributed by atoms with van der Waals surface area (Å²) < 4.78 is 0. The van der Waals surface area contributed by atoms with Crippen LogP contribution in [0.4, 0.5) is 0 Å². The molecule has 1 N–H and O–H groups in total. The van der Waals surface area contributed by atoms with Crippen LogP contribution in [0.5, 0.6) is 0 Å². The van der Waals surface area contributed by atoms with Crippen molar-refractivity contribution in [2.24, 2.45) is 0 Å². The zero-order chi connectivity index (χ0) is 20.9. The highest BCUT2D eigenvalue weighted by Crippen LogP contribution is 2.16. The van der Waals surface area contributed by atoms with Crippen molar-refractivity contribution in [2.75, 3.05) is 0 Å². The lowest BCUT2D eigenvalue weighted by Crippen LogP contribution is -2.52. The van der Waals surface area contributed by atoms with Crippen LogP contribution in [0.25, 0.3) is 0 Å². The van der Waals surface area contributed by atoms with E-state index in [-0.39, 0.29) is 23.8 Å². The maximum Gasteiger partial charge on any atom is 0.242 e. The van der Waals surface area contributed by atoms with Gasteiger partial charge in [0.1, 0.15) is 6.04 Å². The van der Waals surface area contributed by atoms with Crippen molar-refractivity contribution in [2.45, 2.75) is 59.2 Å². The fourth-order valence-electron chi connectivity index (χ4n) is 2.94. The molecule has 0 spiro atoms. The summed E-state index contributed by atoms with van der Waals surface area (Å²) in [6.45, 7) is 9.96. The molecule has 4 nitrogen and oxygen atoms in total. The molecule has 0 aromatic heterocycles. The van der Waals surface area contributed by atoms with Crippen molar-refractivity contribution in [3.05, 3.63) is 70.2 Å². The van der Waals surface area contributed by atoms with Gasteiger partial charge in [-0.2, -0.15) is 0 Å². The van der Waals surface area contributed by atoms with Crippen molar-refractivity contribution in [1.29, 1.82) is 0 Å². The first kappa shape index (κ1) is 22.0. The number of hydrogen-bond acceptors (Lipinski definition) is 2. The van der Waals surface area contributed by atoms with Crippen LogP contribution < -0.4 is 5.32 Å².